The Balaban J connectivity index is 1.56. The number of hydrogen-bond donors (Lipinski definition) is 1. The highest BCUT2D eigenvalue weighted by Gasteiger charge is 2.16. The zero-order valence-electron chi connectivity index (χ0n) is 16.1. The molecule has 2 aromatic carbocycles. The molecular formula is C21H18ClN5O3. The van der Waals surface area contributed by atoms with E-state index in [0.29, 0.717) is 16.5 Å². The van der Waals surface area contributed by atoms with Crippen LogP contribution in [0.5, 0.6) is 11.6 Å². The van der Waals surface area contributed by atoms with Gasteiger partial charge in [-0.05, 0) is 42.3 Å². The number of carbonyl (C=O) groups is 1. The van der Waals surface area contributed by atoms with Crippen molar-refractivity contribution in [3.8, 4) is 11.6 Å². The van der Waals surface area contributed by atoms with Crippen molar-refractivity contribution in [2.75, 3.05) is 5.32 Å². The first-order valence-electron chi connectivity index (χ1n) is 9.30. The van der Waals surface area contributed by atoms with Crippen molar-refractivity contribution in [2.45, 2.75) is 19.9 Å². The maximum absolute atomic E-state index is 12.6. The van der Waals surface area contributed by atoms with Crippen LogP contribution < -0.4 is 15.7 Å². The SMILES string of the molecule is CCc1ccc(NC(=O)Cn2nc3c(Oc4cccc(Cl)c4)nccn3c2=O)cc1. The number of ether oxygens (including phenoxy) is 1. The van der Waals surface area contributed by atoms with Crippen molar-refractivity contribution in [3.63, 3.8) is 0 Å². The summed E-state index contributed by atoms with van der Waals surface area (Å²) in [7, 11) is 0. The lowest BCUT2D eigenvalue weighted by Gasteiger charge is -2.05. The van der Waals surface area contributed by atoms with Gasteiger partial charge < -0.3 is 10.1 Å². The topological polar surface area (TPSA) is 90.5 Å². The van der Waals surface area contributed by atoms with Crippen molar-refractivity contribution in [1.82, 2.24) is 19.2 Å². The van der Waals surface area contributed by atoms with E-state index in [2.05, 4.69) is 22.3 Å². The Morgan fingerprint density at radius 1 is 1.20 bits per heavy atom. The van der Waals surface area contributed by atoms with Gasteiger partial charge in [-0.3, -0.25) is 4.79 Å². The van der Waals surface area contributed by atoms with Gasteiger partial charge in [-0.15, -0.1) is 5.10 Å². The zero-order valence-corrected chi connectivity index (χ0v) is 16.8. The van der Waals surface area contributed by atoms with E-state index >= 15 is 0 Å². The molecule has 1 N–H and O–H groups in total. The largest absolute Gasteiger partial charge is 0.436 e. The van der Waals surface area contributed by atoms with Gasteiger partial charge >= 0.3 is 5.69 Å². The average Bonchev–Trinajstić information content (AvgIpc) is 3.05. The summed E-state index contributed by atoms with van der Waals surface area (Å²) in [5.74, 6) is 0.222. The van der Waals surface area contributed by atoms with E-state index < -0.39 is 5.69 Å². The fourth-order valence-corrected chi connectivity index (χ4v) is 3.08. The summed E-state index contributed by atoms with van der Waals surface area (Å²) in [6.07, 6.45) is 3.81. The van der Waals surface area contributed by atoms with E-state index in [1.165, 1.54) is 22.4 Å². The highest BCUT2D eigenvalue weighted by Crippen LogP contribution is 2.24. The molecule has 0 atom stereocenters. The number of hydrogen-bond acceptors (Lipinski definition) is 5. The number of fused-ring (bicyclic) bond motifs is 1. The van der Waals surface area contributed by atoms with Crippen LogP contribution in [0.1, 0.15) is 12.5 Å². The third-order valence-electron chi connectivity index (χ3n) is 4.42. The first-order valence-corrected chi connectivity index (χ1v) is 9.67. The van der Waals surface area contributed by atoms with Gasteiger partial charge in [0, 0.05) is 23.1 Å². The van der Waals surface area contributed by atoms with Gasteiger partial charge in [0.2, 0.25) is 11.6 Å². The molecule has 0 radical (unpaired) electrons. The minimum absolute atomic E-state index is 0.131. The first-order chi connectivity index (χ1) is 14.5. The Morgan fingerprint density at radius 2 is 2.00 bits per heavy atom. The summed E-state index contributed by atoms with van der Waals surface area (Å²) in [5.41, 5.74) is 1.55. The van der Waals surface area contributed by atoms with E-state index in [9.17, 15) is 9.59 Å². The van der Waals surface area contributed by atoms with Crippen molar-refractivity contribution in [1.29, 1.82) is 0 Å². The number of nitrogens with zero attached hydrogens (tertiary/aromatic N) is 4. The average molecular weight is 424 g/mol. The predicted octanol–water partition coefficient (Wildman–Crippen LogP) is 3.54. The number of anilines is 1. The quantitative estimate of drug-likeness (QED) is 0.512. The smallest absolute Gasteiger partial charge is 0.351 e. The molecule has 0 fully saturated rings. The Kier molecular flexibility index (Phi) is 5.49. The number of nitrogens with one attached hydrogen (secondary N) is 1. The van der Waals surface area contributed by atoms with E-state index in [1.54, 1.807) is 24.3 Å². The fraction of sp³-hybridized carbons (Fsp3) is 0.143. The van der Waals surface area contributed by atoms with Crippen molar-refractivity contribution >= 4 is 28.8 Å². The lowest BCUT2D eigenvalue weighted by molar-refractivity contribution is -0.117. The molecule has 4 aromatic rings. The predicted molar refractivity (Wildman–Crippen MR) is 113 cm³/mol. The summed E-state index contributed by atoms with van der Waals surface area (Å²) in [6.45, 7) is 1.81. The molecule has 0 bridgehead atoms. The van der Waals surface area contributed by atoms with Crippen LogP contribution >= 0.6 is 11.6 Å². The lowest BCUT2D eigenvalue weighted by atomic mass is 10.1. The Morgan fingerprint density at radius 3 is 2.73 bits per heavy atom. The van der Waals surface area contributed by atoms with Crippen molar-refractivity contribution in [3.05, 3.63) is 82.0 Å². The normalized spacial score (nSPS) is 10.9. The number of carbonyl (C=O) groups excluding carboxylic acids is 1. The molecule has 2 heterocycles. The third kappa shape index (κ3) is 4.18. The monoisotopic (exact) mass is 423 g/mol. The lowest BCUT2D eigenvalue weighted by Crippen LogP contribution is -2.28. The van der Waals surface area contributed by atoms with Crippen LogP contribution in [0, 0.1) is 0 Å². The minimum atomic E-state index is -0.472. The molecule has 152 valence electrons. The van der Waals surface area contributed by atoms with E-state index in [0.717, 1.165) is 11.1 Å². The molecule has 2 aromatic heterocycles. The Labute approximate surface area is 176 Å². The third-order valence-corrected chi connectivity index (χ3v) is 4.65. The number of benzene rings is 2. The van der Waals surface area contributed by atoms with Gasteiger partial charge in [-0.2, -0.15) is 0 Å². The molecule has 4 rings (SSSR count). The summed E-state index contributed by atoms with van der Waals surface area (Å²) in [5, 5.41) is 7.50. The zero-order chi connectivity index (χ0) is 21.1. The van der Waals surface area contributed by atoms with Gasteiger partial charge in [-0.25, -0.2) is 18.9 Å². The number of rotatable bonds is 6. The van der Waals surface area contributed by atoms with Crippen LogP contribution in [0.25, 0.3) is 5.65 Å². The van der Waals surface area contributed by atoms with Gasteiger partial charge in [0.15, 0.2) is 0 Å². The molecular weight excluding hydrogens is 406 g/mol. The minimum Gasteiger partial charge on any atom is -0.436 e. The molecule has 0 aliphatic rings. The summed E-state index contributed by atoms with van der Waals surface area (Å²) < 4.78 is 8.07. The van der Waals surface area contributed by atoms with E-state index in [1.807, 2.05) is 24.3 Å². The molecule has 0 saturated carbocycles. The maximum Gasteiger partial charge on any atom is 0.351 e. The van der Waals surface area contributed by atoms with E-state index in [4.69, 9.17) is 16.3 Å². The molecule has 0 aliphatic carbocycles. The van der Waals surface area contributed by atoms with Gasteiger partial charge in [-0.1, -0.05) is 36.7 Å². The molecule has 0 saturated heterocycles. The van der Waals surface area contributed by atoms with Crippen molar-refractivity contribution < 1.29 is 9.53 Å². The van der Waals surface area contributed by atoms with Crippen LogP contribution in [0.15, 0.2) is 65.7 Å². The van der Waals surface area contributed by atoms with Crippen LogP contribution in [0.2, 0.25) is 5.02 Å². The molecule has 9 heteroatoms. The Hall–Kier alpha value is -3.65. The van der Waals surface area contributed by atoms with E-state index in [-0.39, 0.29) is 24.0 Å². The maximum atomic E-state index is 12.6. The molecule has 30 heavy (non-hydrogen) atoms. The van der Waals surface area contributed by atoms with Gasteiger partial charge in [0.1, 0.15) is 12.3 Å². The van der Waals surface area contributed by atoms with Crippen LogP contribution in [-0.2, 0) is 17.8 Å². The highest BCUT2D eigenvalue weighted by molar-refractivity contribution is 6.30. The summed E-state index contributed by atoms with van der Waals surface area (Å²) in [6, 6.07) is 14.3. The second-order valence-corrected chi connectivity index (χ2v) is 6.96. The molecule has 1 amide bonds. The summed E-state index contributed by atoms with van der Waals surface area (Å²) in [4.78, 5) is 29.2. The summed E-state index contributed by atoms with van der Waals surface area (Å²) >= 11 is 5.98. The van der Waals surface area contributed by atoms with Gasteiger partial charge in [0.25, 0.3) is 5.88 Å². The number of aromatic nitrogens is 4. The molecule has 0 unspecified atom stereocenters. The molecule has 0 aliphatic heterocycles. The molecule has 8 nitrogen and oxygen atoms in total. The second kappa shape index (κ2) is 8.38. The van der Waals surface area contributed by atoms with Crippen molar-refractivity contribution in [2.24, 2.45) is 0 Å². The number of amides is 1. The fourth-order valence-electron chi connectivity index (χ4n) is 2.90. The van der Waals surface area contributed by atoms with Crippen LogP contribution in [-0.4, -0.2) is 25.1 Å². The highest BCUT2D eigenvalue weighted by atomic mass is 35.5. The number of aryl methyl sites for hydroxylation is 1. The number of halogens is 1. The van der Waals surface area contributed by atoms with Crippen LogP contribution in [0.3, 0.4) is 0 Å². The second-order valence-electron chi connectivity index (χ2n) is 6.52. The van der Waals surface area contributed by atoms with Gasteiger partial charge in [0.05, 0.1) is 0 Å². The molecule has 0 spiro atoms. The standard InChI is InChI=1S/C21H18ClN5O3/c1-2-14-6-8-16(9-7-14)24-18(28)13-27-21(29)26-11-10-23-20(19(26)25-27)30-17-5-3-4-15(22)12-17/h3-12H,2,13H2,1H3,(H,24,28). The van der Waals surface area contributed by atoms with Crippen LogP contribution in [0.4, 0.5) is 5.69 Å². The Bertz CT molecular complexity index is 1260. The first kappa shape index (κ1) is 19.7.